The predicted molar refractivity (Wildman–Crippen MR) is 106 cm³/mol. The molecule has 2 bridgehead atoms. The lowest BCUT2D eigenvalue weighted by Crippen LogP contribution is -2.46. The number of aromatic nitrogens is 1. The van der Waals surface area contributed by atoms with Crippen molar-refractivity contribution >= 4 is 36.4 Å². The van der Waals surface area contributed by atoms with Gasteiger partial charge in [-0.25, -0.2) is 4.98 Å². The van der Waals surface area contributed by atoms with Gasteiger partial charge in [-0.3, -0.25) is 4.90 Å². The molecule has 4 rings (SSSR count). The summed E-state index contributed by atoms with van der Waals surface area (Å²) in [4.78, 5) is 6.83. The zero-order chi connectivity index (χ0) is 15.8. The van der Waals surface area contributed by atoms with Gasteiger partial charge in [0.15, 0.2) is 5.76 Å². The summed E-state index contributed by atoms with van der Waals surface area (Å²) in [6, 6.07) is 9.71. The molecule has 2 fully saturated rings. The lowest BCUT2D eigenvalue weighted by Gasteiger charge is -2.34. The zero-order valence-corrected chi connectivity index (χ0v) is 16.5. The molecule has 138 valence electrons. The number of piperidine rings is 1. The van der Waals surface area contributed by atoms with E-state index < -0.39 is 0 Å². The molecular formula is C18H24Cl3N3O. The van der Waals surface area contributed by atoms with Gasteiger partial charge < -0.3 is 9.73 Å². The van der Waals surface area contributed by atoms with Crippen LogP contribution in [0.5, 0.6) is 0 Å². The van der Waals surface area contributed by atoms with Crippen LogP contribution in [0.2, 0.25) is 5.02 Å². The van der Waals surface area contributed by atoms with Crippen molar-refractivity contribution in [3.63, 3.8) is 0 Å². The van der Waals surface area contributed by atoms with E-state index in [1.54, 1.807) is 6.20 Å². The molecule has 0 aliphatic carbocycles. The Balaban J connectivity index is 0.00000113. The Hall–Kier alpha value is -0.780. The summed E-state index contributed by atoms with van der Waals surface area (Å²) in [7, 11) is 2.18. The Bertz CT molecular complexity index is 682. The molecule has 1 aromatic heterocycles. The fraction of sp³-hybridized carbons (Fsp3) is 0.500. The SMILES string of the molecule is CN(Cc1ncc(-c2cccc(Cl)c2)o1)C1CC2CCC(C1)N2.Cl.Cl. The second kappa shape index (κ2) is 8.74. The third-order valence-electron chi connectivity index (χ3n) is 5.12. The predicted octanol–water partition coefficient (Wildman–Crippen LogP) is 4.55. The average Bonchev–Trinajstić information content (AvgIpc) is 3.14. The van der Waals surface area contributed by atoms with Crippen LogP contribution < -0.4 is 5.32 Å². The second-order valence-electron chi connectivity index (χ2n) is 6.81. The van der Waals surface area contributed by atoms with Crippen LogP contribution >= 0.6 is 36.4 Å². The molecule has 7 heteroatoms. The summed E-state index contributed by atoms with van der Waals surface area (Å²) in [6.45, 7) is 0.755. The van der Waals surface area contributed by atoms with Gasteiger partial charge in [0.2, 0.25) is 5.89 Å². The van der Waals surface area contributed by atoms with Gasteiger partial charge >= 0.3 is 0 Å². The van der Waals surface area contributed by atoms with E-state index in [-0.39, 0.29) is 24.8 Å². The van der Waals surface area contributed by atoms with Crippen molar-refractivity contribution in [3.05, 3.63) is 41.4 Å². The molecule has 1 aromatic carbocycles. The minimum Gasteiger partial charge on any atom is -0.439 e. The minimum absolute atomic E-state index is 0. The third kappa shape index (κ3) is 4.69. The topological polar surface area (TPSA) is 41.3 Å². The van der Waals surface area contributed by atoms with Gasteiger partial charge in [-0.1, -0.05) is 23.7 Å². The van der Waals surface area contributed by atoms with Crippen molar-refractivity contribution in [2.75, 3.05) is 7.05 Å². The number of halogens is 3. The number of nitrogens with one attached hydrogen (secondary N) is 1. The van der Waals surface area contributed by atoms with Gasteiger partial charge in [0, 0.05) is 28.7 Å². The van der Waals surface area contributed by atoms with Gasteiger partial charge in [-0.2, -0.15) is 0 Å². The highest BCUT2D eigenvalue weighted by molar-refractivity contribution is 6.30. The lowest BCUT2D eigenvalue weighted by molar-refractivity contribution is 0.154. The summed E-state index contributed by atoms with van der Waals surface area (Å²) < 4.78 is 5.93. The van der Waals surface area contributed by atoms with Crippen LogP contribution in [-0.2, 0) is 6.54 Å². The normalized spacial score (nSPS) is 24.7. The molecule has 2 saturated heterocycles. The molecule has 2 unspecified atom stereocenters. The highest BCUT2D eigenvalue weighted by atomic mass is 35.5. The third-order valence-corrected chi connectivity index (χ3v) is 5.35. The van der Waals surface area contributed by atoms with Gasteiger partial charge in [-0.15, -0.1) is 24.8 Å². The number of nitrogens with zero attached hydrogens (tertiary/aromatic N) is 2. The van der Waals surface area contributed by atoms with Crippen molar-refractivity contribution < 1.29 is 4.42 Å². The summed E-state index contributed by atoms with van der Waals surface area (Å²) in [5, 5.41) is 4.40. The van der Waals surface area contributed by atoms with Crippen LogP contribution in [0.15, 0.2) is 34.9 Å². The minimum atomic E-state index is 0. The number of benzene rings is 1. The first-order valence-corrected chi connectivity index (χ1v) is 8.72. The number of fused-ring (bicyclic) bond motifs is 2. The maximum atomic E-state index is 6.04. The fourth-order valence-electron chi connectivity index (χ4n) is 3.89. The maximum Gasteiger partial charge on any atom is 0.209 e. The van der Waals surface area contributed by atoms with Crippen LogP contribution in [0.4, 0.5) is 0 Å². The largest absolute Gasteiger partial charge is 0.439 e. The maximum absolute atomic E-state index is 6.04. The molecule has 3 heterocycles. The van der Waals surface area contributed by atoms with Crippen LogP contribution in [0.3, 0.4) is 0 Å². The Morgan fingerprint density at radius 2 is 1.96 bits per heavy atom. The highest BCUT2D eigenvalue weighted by Gasteiger charge is 2.35. The molecule has 2 atom stereocenters. The standard InChI is InChI=1S/C18H22ClN3O.2ClH/c1-22(16-8-14-5-6-15(9-16)21-14)11-18-20-10-17(23-18)12-3-2-4-13(19)7-12;;/h2-4,7,10,14-16,21H,5-6,8-9,11H2,1H3;2*1H. The van der Waals surface area contributed by atoms with E-state index >= 15 is 0 Å². The first-order chi connectivity index (χ1) is 11.2. The Labute approximate surface area is 166 Å². The average molecular weight is 405 g/mol. The summed E-state index contributed by atoms with van der Waals surface area (Å²) in [6.07, 6.45) is 6.91. The van der Waals surface area contributed by atoms with E-state index in [9.17, 15) is 0 Å². The molecule has 2 aromatic rings. The van der Waals surface area contributed by atoms with E-state index in [2.05, 4.69) is 22.2 Å². The number of hydrogen-bond donors (Lipinski definition) is 1. The fourth-order valence-corrected chi connectivity index (χ4v) is 4.08. The highest BCUT2D eigenvalue weighted by Crippen LogP contribution is 2.30. The molecule has 0 spiro atoms. The van der Waals surface area contributed by atoms with Crippen LogP contribution in [0.25, 0.3) is 11.3 Å². The summed E-state index contributed by atoms with van der Waals surface area (Å²) in [5.74, 6) is 1.55. The molecule has 0 amide bonds. The van der Waals surface area contributed by atoms with E-state index in [1.165, 1.54) is 25.7 Å². The lowest BCUT2D eigenvalue weighted by atomic mass is 9.98. The van der Waals surface area contributed by atoms with Crippen LogP contribution in [0.1, 0.15) is 31.6 Å². The molecule has 0 saturated carbocycles. The van der Waals surface area contributed by atoms with E-state index in [0.717, 1.165) is 23.8 Å². The first kappa shape index (κ1) is 20.5. The molecule has 2 aliphatic rings. The number of rotatable bonds is 4. The molecule has 4 nitrogen and oxygen atoms in total. The number of hydrogen-bond acceptors (Lipinski definition) is 4. The Morgan fingerprint density at radius 3 is 2.64 bits per heavy atom. The van der Waals surface area contributed by atoms with Crippen molar-refractivity contribution in [3.8, 4) is 11.3 Å². The Morgan fingerprint density at radius 1 is 1.24 bits per heavy atom. The van der Waals surface area contributed by atoms with Crippen LogP contribution in [0, 0.1) is 0 Å². The molecule has 1 N–H and O–H groups in total. The van der Waals surface area contributed by atoms with Gasteiger partial charge in [0.25, 0.3) is 0 Å². The first-order valence-electron chi connectivity index (χ1n) is 8.34. The molecule has 0 radical (unpaired) electrons. The van der Waals surface area contributed by atoms with Crippen molar-refractivity contribution in [2.45, 2.75) is 50.4 Å². The Kier molecular flexibility index (Phi) is 7.18. The molecule has 25 heavy (non-hydrogen) atoms. The second-order valence-corrected chi connectivity index (χ2v) is 7.24. The van der Waals surface area contributed by atoms with E-state index in [0.29, 0.717) is 23.1 Å². The summed E-state index contributed by atoms with van der Waals surface area (Å²) >= 11 is 6.04. The van der Waals surface area contributed by atoms with Crippen molar-refractivity contribution in [2.24, 2.45) is 0 Å². The van der Waals surface area contributed by atoms with Crippen molar-refractivity contribution in [1.29, 1.82) is 0 Å². The van der Waals surface area contributed by atoms with Gasteiger partial charge in [-0.05, 0) is 44.9 Å². The summed E-state index contributed by atoms with van der Waals surface area (Å²) in [5.41, 5.74) is 0.971. The van der Waals surface area contributed by atoms with Crippen molar-refractivity contribution in [1.82, 2.24) is 15.2 Å². The zero-order valence-electron chi connectivity index (χ0n) is 14.2. The number of oxazole rings is 1. The van der Waals surface area contributed by atoms with Gasteiger partial charge in [0.1, 0.15) is 0 Å². The van der Waals surface area contributed by atoms with E-state index in [4.69, 9.17) is 16.0 Å². The quantitative estimate of drug-likeness (QED) is 0.811. The molecule has 2 aliphatic heterocycles. The van der Waals surface area contributed by atoms with Gasteiger partial charge in [0.05, 0.1) is 12.7 Å². The van der Waals surface area contributed by atoms with E-state index in [1.807, 2.05) is 24.3 Å². The smallest absolute Gasteiger partial charge is 0.209 e. The molecular weight excluding hydrogens is 381 g/mol. The monoisotopic (exact) mass is 403 g/mol. The van der Waals surface area contributed by atoms with Crippen LogP contribution in [-0.4, -0.2) is 35.1 Å².